The fraction of sp³-hybridized carbons (Fsp3) is 0.385. The summed E-state index contributed by atoms with van der Waals surface area (Å²) in [5.74, 6) is 0.557. The Bertz CT molecular complexity index is 1320. The molecule has 3 heterocycles. The SMILES string of the molecule is O=C(NC1CC2(n3ccc(-c4ccc(C(F)(F)F)nc4)c3)CC1C2)[C@@H]1C[C@@H](O)c2cc(Cl)ccc2O1. The number of hydrogen-bond acceptors (Lipinski definition) is 4. The summed E-state index contributed by atoms with van der Waals surface area (Å²) in [6, 6.07) is 9.26. The number of ether oxygens (including phenoxy) is 1. The molecule has 3 fully saturated rings. The van der Waals surface area contributed by atoms with Gasteiger partial charge in [-0.05, 0) is 55.5 Å². The summed E-state index contributed by atoms with van der Waals surface area (Å²) >= 11 is 6.01. The number of benzene rings is 1. The van der Waals surface area contributed by atoms with Crippen LogP contribution in [0, 0.1) is 5.92 Å². The van der Waals surface area contributed by atoms with Gasteiger partial charge in [0.25, 0.3) is 5.91 Å². The van der Waals surface area contributed by atoms with Crippen LogP contribution < -0.4 is 10.1 Å². The van der Waals surface area contributed by atoms with Crippen LogP contribution >= 0.6 is 11.6 Å². The molecule has 7 rings (SSSR count). The second-order valence-electron chi connectivity index (χ2n) is 9.99. The Hall–Kier alpha value is -3.04. The van der Waals surface area contributed by atoms with Crippen molar-refractivity contribution < 1.29 is 27.8 Å². The third-order valence-electron chi connectivity index (χ3n) is 7.74. The molecule has 1 amide bonds. The lowest BCUT2D eigenvalue weighted by atomic mass is 9.76. The molecule has 3 aliphatic carbocycles. The number of rotatable bonds is 4. The van der Waals surface area contributed by atoms with Gasteiger partial charge in [0.2, 0.25) is 0 Å². The van der Waals surface area contributed by atoms with Crippen LogP contribution in [0.25, 0.3) is 11.1 Å². The number of nitrogens with zero attached hydrogens (tertiary/aromatic N) is 2. The lowest BCUT2D eigenvalue weighted by Crippen LogP contribution is -2.46. The highest BCUT2D eigenvalue weighted by atomic mass is 35.5. The van der Waals surface area contributed by atoms with Crippen molar-refractivity contribution in [1.82, 2.24) is 14.9 Å². The van der Waals surface area contributed by atoms with Gasteiger partial charge in [0.05, 0.1) is 6.10 Å². The lowest BCUT2D eigenvalue weighted by molar-refractivity contribution is -0.141. The van der Waals surface area contributed by atoms with Crippen LogP contribution in [-0.4, -0.2) is 32.7 Å². The van der Waals surface area contributed by atoms with Gasteiger partial charge in [-0.2, -0.15) is 13.2 Å². The minimum Gasteiger partial charge on any atom is -0.480 e. The van der Waals surface area contributed by atoms with E-state index >= 15 is 0 Å². The normalized spacial score (nSPS) is 28.7. The van der Waals surface area contributed by atoms with Crippen molar-refractivity contribution in [2.45, 2.75) is 55.6 Å². The zero-order valence-corrected chi connectivity index (χ0v) is 19.8. The first kappa shape index (κ1) is 23.4. The van der Waals surface area contributed by atoms with E-state index in [1.807, 2.05) is 18.5 Å². The van der Waals surface area contributed by atoms with Crippen LogP contribution in [0.4, 0.5) is 13.2 Å². The second-order valence-corrected chi connectivity index (χ2v) is 10.4. The van der Waals surface area contributed by atoms with Gasteiger partial charge in [0.15, 0.2) is 6.10 Å². The molecule has 1 unspecified atom stereocenters. The van der Waals surface area contributed by atoms with Crippen molar-refractivity contribution in [1.29, 1.82) is 0 Å². The first-order chi connectivity index (χ1) is 17.1. The van der Waals surface area contributed by atoms with Crippen molar-refractivity contribution >= 4 is 17.5 Å². The van der Waals surface area contributed by atoms with E-state index in [1.54, 1.807) is 18.2 Å². The number of aliphatic hydroxyl groups excluding tert-OH is 1. The molecule has 3 saturated carbocycles. The molecule has 6 nitrogen and oxygen atoms in total. The Kier molecular flexibility index (Phi) is 5.35. The van der Waals surface area contributed by atoms with Gasteiger partial charge in [-0.3, -0.25) is 9.78 Å². The maximum absolute atomic E-state index is 13.0. The molecular weight excluding hydrogens is 495 g/mol. The van der Waals surface area contributed by atoms with Crippen molar-refractivity contribution in [3.05, 3.63) is 71.3 Å². The van der Waals surface area contributed by atoms with Crippen LogP contribution in [0.5, 0.6) is 5.75 Å². The number of alkyl halides is 3. The van der Waals surface area contributed by atoms with E-state index < -0.39 is 24.1 Å². The predicted molar refractivity (Wildman–Crippen MR) is 125 cm³/mol. The van der Waals surface area contributed by atoms with E-state index in [1.165, 1.54) is 12.3 Å². The quantitative estimate of drug-likeness (QED) is 0.505. The average molecular weight is 518 g/mol. The minimum absolute atomic E-state index is 0.0107. The largest absolute Gasteiger partial charge is 0.480 e. The fourth-order valence-corrected chi connectivity index (χ4v) is 6.06. The molecule has 2 bridgehead atoms. The Morgan fingerprint density at radius 3 is 2.69 bits per heavy atom. The summed E-state index contributed by atoms with van der Waals surface area (Å²) in [5, 5.41) is 14.1. The summed E-state index contributed by atoms with van der Waals surface area (Å²) in [6.07, 6.45) is 1.77. The van der Waals surface area contributed by atoms with Gasteiger partial charge in [-0.15, -0.1) is 0 Å². The maximum atomic E-state index is 13.0. The highest BCUT2D eigenvalue weighted by Crippen LogP contribution is 2.57. The Morgan fingerprint density at radius 2 is 1.97 bits per heavy atom. The number of carbonyl (C=O) groups is 1. The summed E-state index contributed by atoms with van der Waals surface area (Å²) < 4.78 is 46.4. The topological polar surface area (TPSA) is 76.4 Å². The van der Waals surface area contributed by atoms with E-state index in [4.69, 9.17) is 16.3 Å². The van der Waals surface area contributed by atoms with Crippen molar-refractivity contribution in [2.75, 3.05) is 0 Å². The van der Waals surface area contributed by atoms with Gasteiger partial charge < -0.3 is 19.7 Å². The number of aliphatic hydroxyl groups is 1. The third kappa shape index (κ3) is 3.94. The van der Waals surface area contributed by atoms with E-state index in [0.717, 1.165) is 30.9 Å². The molecule has 3 atom stereocenters. The molecule has 0 saturated heterocycles. The molecule has 1 aromatic carbocycles. The number of aromatic nitrogens is 2. The Labute approximate surface area is 210 Å². The third-order valence-corrected chi connectivity index (χ3v) is 7.97. The monoisotopic (exact) mass is 517 g/mol. The standard InChI is InChI=1S/C26H23ClF3N3O3/c27-17-2-3-21-18(7-17)20(34)8-22(36-21)24(35)32-19-11-25(9-16(19)10-25)33-6-5-15(13-33)14-1-4-23(31-12-14)26(28,29)30/h1-7,12-13,16,19-20,22,34H,8-11H2,(H,32,35)/t16?,19?,20-,22+,25?/m1/s1. The summed E-state index contributed by atoms with van der Waals surface area (Å²) in [7, 11) is 0. The zero-order valence-electron chi connectivity index (χ0n) is 19.0. The van der Waals surface area contributed by atoms with Crippen molar-refractivity contribution in [3.8, 4) is 16.9 Å². The first-order valence-electron chi connectivity index (χ1n) is 11.8. The van der Waals surface area contributed by atoms with Crippen LogP contribution in [0.3, 0.4) is 0 Å². The Morgan fingerprint density at radius 1 is 1.17 bits per heavy atom. The molecule has 188 valence electrons. The van der Waals surface area contributed by atoms with Crippen LogP contribution in [0.1, 0.15) is 43.0 Å². The fourth-order valence-electron chi connectivity index (χ4n) is 5.88. The molecule has 4 aliphatic rings. The average Bonchev–Trinajstić information content (AvgIpc) is 3.52. The zero-order chi connectivity index (χ0) is 25.2. The molecule has 10 heteroatoms. The highest BCUT2D eigenvalue weighted by molar-refractivity contribution is 6.30. The van der Waals surface area contributed by atoms with Crippen molar-refractivity contribution in [2.24, 2.45) is 5.92 Å². The van der Waals surface area contributed by atoms with Gasteiger partial charge in [-0.1, -0.05) is 17.7 Å². The number of carbonyl (C=O) groups excluding carboxylic acids is 1. The van der Waals surface area contributed by atoms with Crippen LogP contribution in [-0.2, 0) is 16.5 Å². The van der Waals surface area contributed by atoms with Crippen LogP contribution in [0.15, 0.2) is 55.0 Å². The van der Waals surface area contributed by atoms with Gasteiger partial charge in [0.1, 0.15) is 11.4 Å². The van der Waals surface area contributed by atoms with E-state index in [-0.39, 0.29) is 23.9 Å². The molecule has 36 heavy (non-hydrogen) atoms. The lowest BCUT2D eigenvalue weighted by Gasteiger charge is -2.40. The number of fused-ring (bicyclic) bond motifs is 2. The van der Waals surface area contributed by atoms with Crippen molar-refractivity contribution in [3.63, 3.8) is 0 Å². The molecule has 2 aromatic heterocycles. The van der Waals surface area contributed by atoms with E-state index in [0.29, 0.717) is 27.8 Å². The number of hydrogen-bond donors (Lipinski definition) is 2. The smallest absolute Gasteiger partial charge is 0.433 e. The summed E-state index contributed by atoms with van der Waals surface area (Å²) in [6.45, 7) is 0. The molecule has 2 N–H and O–H groups in total. The molecule has 1 aliphatic heterocycles. The maximum Gasteiger partial charge on any atom is 0.433 e. The number of halogens is 4. The molecule has 3 aromatic rings. The number of nitrogens with one attached hydrogen (secondary N) is 1. The number of pyridine rings is 1. The first-order valence-corrected chi connectivity index (χ1v) is 12.2. The second kappa shape index (κ2) is 8.24. The molecule has 0 radical (unpaired) electrons. The number of amides is 1. The highest BCUT2D eigenvalue weighted by Gasteiger charge is 2.57. The summed E-state index contributed by atoms with van der Waals surface area (Å²) in [5.41, 5.74) is 0.954. The summed E-state index contributed by atoms with van der Waals surface area (Å²) in [4.78, 5) is 16.6. The Balaban J connectivity index is 1.11. The van der Waals surface area contributed by atoms with Gasteiger partial charge in [-0.25, -0.2) is 0 Å². The van der Waals surface area contributed by atoms with Gasteiger partial charge in [0, 0.05) is 58.3 Å². The molecular formula is C26H23ClF3N3O3. The molecule has 0 spiro atoms. The minimum atomic E-state index is -4.47. The van der Waals surface area contributed by atoms with Crippen LogP contribution in [0.2, 0.25) is 5.02 Å². The van der Waals surface area contributed by atoms with E-state index in [2.05, 4.69) is 14.9 Å². The van der Waals surface area contributed by atoms with Gasteiger partial charge >= 0.3 is 6.18 Å². The van der Waals surface area contributed by atoms with E-state index in [9.17, 15) is 23.1 Å². The predicted octanol–water partition coefficient (Wildman–Crippen LogP) is 5.10.